The van der Waals surface area contributed by atoms with Crippen LogP contribution in [0.1, 0.15) is 43.5 Å². The predicted molar refractivity (Wildman–Crippen MR) is 74.3 cm³/mol. The highest BCUT2D eigenvalue weighted by atomic mass is 15.0. The molecule has 1 fully saturated rings. The summed E-state index contributed by atoms with van der Waals surface area (Å²) in [6, 6.07) is 0. The molecule has 0 aliphatic heterocycles. The Balaban J connectivity index is 1.95. The number of imidazole rings is 1. The lowest BCUT2D eigenvalue weighted by Gasteiger charge is -2.21. The zero-order valence-electron chi connectivity index (χ0n) is 11.0. The molecule has 0 unspecified atom stereocenters. The van der Waals surface area contributed by atoms with Crippen LogP contribution in [-0.4, -0.2) is 20.2 Å². The van der Waals surface area contributed by atoms with Crippen LogP contribution in [0.15, 0.2) is 18.6 Å². The van der Waals surface area contributed by atoms with E-state index in [1.807, 2.05) is 10.6 Å². The molecule has 19 heavy (non-hydrogen) atoms. The average molecular weight is 257 g/mol. The Morgan fingerprint density at radius 1 is 1.37 bits per heavy atom. The summed E-state index contributed by atoms with van der Waals surface area (Å²) in [6.45, 7) is 0. The summed E-state index contributed by atoms with van der Waals surface area (Å²) in [5.74, 6) is 0.712. The van der Waals surface area contributed by atoms with E-state index in [4.69, 9.17) is 11.1 Å². The minimum atomic E-state index is 0.0143. The van der Waals surface area contributed by atoms with E-state index in [-0.39, 0.29) is 5.84 Å². The number of nitrogens with zero attached hydrogens (tertiary/aromatic N) is 3. The minimum Gasteiger partial charge on any atom is -0.382 e. The molecule has 0 amide bonds. The number of nitrogen functional groups attached to an aromatic ring is 1. The number of nitrogens with one attached hydrogen (secondary N) is 1. The van der Waals surface area contributed by atoms with Gasteiger partial charge in [0.05, 0.1) is 5.69 Å². The fraction of sp³-hybridized carbons (Fsp3) is 0.500. The summed E-state index contributed by atoms with van der Waals surface area (Å²) in [5.41, 5.74) is 7.98. The quantitative estimate of drug-likeness (QED) is 0.653. The molecule has 0 atom stereocenters. The predicted octanol–water partition coefficient (Wildman–Crippen LogP) is 2.14. The van der Waals surface area contributed by atoms with Crippen molar-refractivity contribution in [2.75, 3.05) is 0 Å². The first-order valence-corrected chi connectivity index (χ1v) is 6.91. The molecule has 2 aromatic heterocycles. The maximum atomic E-state index is 7.56. The molecule has 100 valence electrons. The molecule has 5 heteroatoms. The Morgan fingerprint density at radius 2 is 2.16 bits per heavy atom. The van der Waals surface area contributed by atoms with Crippen molar-refractivity contribution in [3.63, 3.8) is 0 Å². The Kier molecular flexibility index (Phi) is 3.19. The molecular weight excluding hydrogens is 238 g/mol. The zero-order chi connectivity index (χ0) is 13.2. The number of fused-ring (bicyclic) bond motifs is 1. The van der Waals surface area contributed by atoms with Crippen LogP contribution >= 0.6 is 0 Å². The summed E-state index contributed by atoms with van der Waals surface area (Å²) in [6.07, 6.45) is 12.9. The second-order valence-electron chi connectivity index (χ2n) is 5.35. The van der Waals surface area contributed by atoms with Crippen molar-refractivity contribution in [1.82, 2.24) is 14.4 Å². The van der Waals surface area contributed by atoms with Gasteiger partial charge in [-0.3, -0.25) is 5.41 Å². The van der Waals surface area contributed by atoms with Gasteiger partial charge in [-0.15, -0.1) is 0 Å². The lowest BCUT2D eigenvalue weighted by Crippen LogP contribution is -2.17. The third kappa shape index (κ3) is 2.45. The molecule has 2 aromatic rings. The SMILES string of the molecule is N=C(N)c1cn2ccnc2c(CC2CCCCC2)n1. The molecule has 0 radical (unpaired) electrons. The molecule has 0 bridgehead atoms. The number of hydrogen-bond acceptors (Lipinski definition) is 3. The molecule has 0 saturated heterocycles. The fourth-order valence-electron chi connectivity index (χ4n) is 2.93. The topological polar surface area (TPSA) is 80.1 Å². The van der Waals surface area contributed by atoms with Crippen LogP contribution in [0.2, 0.25) is 0 Å². The lowest BCUT2D eigenvalue weighted by atomic mass is 9.86. The summed E-state index contributed by atoms with van der Waals surface area (Å²) in [4.78, 5) is 8.91. The monoisotopic (exact) mass is 257 g/mol. The van der Waals surface area contributed by atoms with Crippen LogP contribution in [0.3, 0.4) is 0 Å². The summed E-state index contributed by atoms with van der Waals surface area (Å²) < 4.78 is 1.92. The second-order valence-corrected chi connectivity index (χ2v) is 5.35. The maximum Gasteiger partial charge on any atom is 0.158 e. The maximum absolute atomic E-state index is 7.56. The van der Waals surface area contributed by atoms with Crippen LogP contribution in [0, 0.1) is 11.3 Å². The second kappa shape index (κ2) is 4.99. The molecule has 3 N–H and O–H groups in total. The largest absolute Gasteiger partial charge is 0.382 e. The first-order chi connectivity index (χ1) is 9.24. The van der Waals surface area contributed by atoms with Crippen LogP contribution in [0.5, 0.6) is 0 Å². The van der Waals surface area contributed by atoms with Gasteiger partial charge in [-0.25, -0.2) is 9.97 Å². The molecule has 1 saturated carbocycles. The lowest BCUT2D eigenvalue weighted by molar-refractivity contribution is 0.354. The molecule has 1 aliphatic carbocycles. The molecule has 0 aromatic carbocycles. The van der Waals surface area contributed by atoms with E-state index in [1.54, 1.807) is 12.4 Å². The Bertz CT molecular complexity index is 595. The van der Waals surface area contributed by atoms with E-state index in [2.05, 4.69) is 9.97 Å². The van der Waals surface area contributed by atoms with Gasteiger partial charge in [0.15, 0.2) is 5.65 Å². The number of amidine groups is 1. The van der Waals surface area contributed by atoms with E-state index in [9.17, 15) is 0 Å². The highest BCUT2D eigenvalue weighted by Crippen LogP contribution is 2.27. The third-order valence-corrected chi connectivity index (χ3v) is 3.93. The number of rotatable bonds is 3. The van der Waals surface area contributed by atoms with Crippen molar-refractivity contribution in [1.29, 1.82) is 5.41 Å². The molecule has 0 spiro atoms. The van der Waals surface area contributed by atoms with Gasteiger partial charge in [-0.1, -0.05) is 32.1 Å². The third-order valence-electron chi connectivity index (χ3n) is 3.93. The fourth-order valence-corrected chi connectivity index (χ4v) is 2.93. The summed E-state index contributed by atoms with van der Waals surface area (Å²) in [7, 11) is 0. The van der Waals surface area contributed by atoms with Crippen molar-refractivity contribution < 1.29 is 0 Å². The Labute approximate surface area is 112 Å². The van der Waals surface area contributed by atoms with Gasteiger partial charge in [0.1, 0.15) is 11.5 Å². The van der Waals surface area contributed by atoms with E-state index in [0.29, 0.717) is 11.6 Å². The van der Waals surface area contributed by atoms with Crippen LogP contribution in [0.25, 0.3) is 5.65 Å². The van der Waals surface area contributed by atoms with Crippen molar-refractivity contribution in [3.05, 3.63) is 30.0 Å². The van der Waals surface area contributed by atoms with Gasteiger partial charge < -0.3 is 10.1 Å². The van der Waals surface area contributed by atoms with Crippen LogP contribution in [0.4, 0.5) is 0 Å². The van der Waals surface area contributed by atoms with E-state index in [0.717, 1.165) is 17.8 Å². The van der Waals surface area contributed by atoms with Crippen molar-refractivity contribution in [2.24, 2.45) is 11.7 Å². The minimum absolute atomic E-state index is 0.0143. The normalized spacial score (nSPS) is 16.8. The van der Waals surface area contributed by atoms with Crippen molar-refractivity contribution in [3.8, 4) is 0 Å². The van der Waals surface area contributed by atoms with E-state index in [1.165, 1.54) is 32.1 Å². The summed E-state index contributed by atoms with van der Waals surface area (Å²) in [5, 5.41) is 7.56. The first kappa shape index (κ1) is 12.1. The zero-order valence-corrected chi connectivity index (χ0v) is 11.0. The molecule has 1 aliphatic rings. The number of aromatic nitrogens is 3. The van der Waals surface area contributed by atoms with Crippen LogP contribution < -0.4 is 5.73 Å². The molecular formula is C14H19N5. The van der Waals surface area contributed by atoms with Gasteiger partial charge >= 0.3 is 0 Å². The highest BCUT2D eigenvalue weighted by molar-refractivity contribution is 5.93. The van der Waals surface area contributed by atoms with E-state index >= 15 is 0 Å². The standard InChI is InChI=1S/C14H19N5/c15-13(16)12-9-19-7-6-17-14(19)11(18-12)8-10-4-2-1-3-5-10/h6-7,9-10H,1-5,8H2,(H3,15,16). The Hall–Kier alpha value is -1.91. The number of hydrogen-bond donors (Lipinski definition) is 2. The highest BCUT2D eigenvalue weighted by Gasteiger charge is 2.17. The molecule has 5 nitrogen and oxygen atoms in total. The molecule has 2 heterocycles. The number of nitrogens with two attached hydrogens (primary N) is 1. The van der Waals surface area contributed by atoms with Crippen LogP contribution in [-0.2, 0) is 6.42 Å². The Morgan fingerprint density at radius 3 is 2.89 bits per heavy atom. The summed E-state index contributed by atoms with van der Waals surface area (Å²) >= 11 is 0. The first-order valence-electron chi connectivity index (χ1n) is 6.91. The molecule has 3 rings (SSSR count). The van der Waals surface area contributed by atoms with Gasteiger partial charge in [0.2, 0.25) is 0 Å². The smallest absolute Gasteiger partial charge is 0.158 e. The van der Waals surface area contributed by atoms with Crippen molar-refractivity contribution in [2.45, 2.75) is 38.5 Å². The van der Waals surface area contributed by atoms with Gasteiger partial charge in [-0.2, -0.15) is 0 Å². The van der Waals surface area contributed by atoms with E-state index < -0.39 is 0 Å². The van der Waals surface area contributed by atoms with Gasteiger partial charge in [0, 0.05) is 18.6 Å². The van der Waals surface area contributed by atoms with Gasteiger partial charge in [-0.05, 0) is 12.3 Å². The van der Waals surface area contributed by atoms with Gasteiger partial charge in [0.25, 0.3) is 0 Å². The average Bonchev–Trinajstić information content (AvgIpc) is 2.88. The van der Waals surface area contributed by atoms with Crippen molar-refractivity contribution >= 4 is 11.5 Å².